The molecule has 1 atom stereocenters. The summed E-state index contributed by atoms with van der Waals surface area (Å²) < 4.78 is 10.8. The molecule has 1 unspecified atom stereocenters. The number of para-hydroxylation sites is 1. The number of hydrogen-bond acceptors (Lipinski definition) is 5. The molecule has 1 aromatic heterocycles. The predicted molar refractivity (Wildman–Crippen MR) is 111 cm³/mol. The van der Waals surface area contributed by atoms with Gasteiger partial charge in [0.25, 0.3) is 5.91 Å². The topological polar surface area (TPSA) is 77.5 Å². The molecule has 6 nitrogen and oxygen atoms in total. The van der Waals surface area contributed by atoms with Gasteiger partial charge >= 0.3 is 5.97 Å². The molecule has 29 heavy (non-hydrogen) atoms. The van der Waals surface area contributed by atoms with E-state index in [1.165, 1.54) is 19.1 Å². The first-order chi connectivity index (χ1) is 13.9. The molecule has 148 valence electrons. The van der Waals surface area contributed by atoms with Crippen molar-refractivity contribution in [2.45, 2.75) is 13.0 Å². The average Bonchev–Trinajstić information content (AvgIpc) is 2.72. The quantitative estimate of drug-likeness (QED) is 0.420. The number of nitrogens with zero attached hydrogens (tertiary/aromatic N) is 1. The van der Waals surface area contributed by atoms with Crippen molar-refractivity contribution in [2.75, 3.05) is 5.32 Å². The Kier molecular flexibility index (Phi) is 6.69. The maximum atomic E-state index is 12.3. The number of carbonyl (C=O) groups is 2. The molecule has 0 radical (unpaired) electrons. The molecule has 1 N–H and O–H groups in total. The van der Waals surface area contributed by atoms with Crippen molar-refractivity contribution in [3.05, 3.63) is 82.6 Å². The van der Waals surface area contributed by atoms with Gasteiger partial charge in [0.15, 0.2) is 11.8 Å². The van der Waals surface area contributed by atoms with Gasteiger partial charge in [-0.3, -0.25) is 4.79 Å². The van der Waals surface area contributed by atoms with Gasteiger partial charge in [-0.25, -0.2) is 9.78 Å². The number of nitrogens with one attached hydrogen (secondary N) is 1. The number of ether oxygens (including phenoxy) is 2. The lowest BCUT2D eigenvalue weighted by atomic mass is 10.2. The van der Waals surface area contributed by atoms with E-state index in [4.69, 9.17) is 32.7 Å². The summed E-state index contributed by atoms with van der Waals surface area (Å²) in [5.74, 6) is -0.0200. The Morgan fingerprint density at radius 2 is 1.59 bits per heavy atom. The molecule has 2 aromatic carbocycles. The van der Waals surface area contributed by atoms with E-state index in [1.54, 1.807) is 24.3 Å². The third-order valence-corrected chi connectivity index (χ3v) is 4.27. The van der Waals surface area contributed by atoms with Crippen molar-refractivity contribution in [1.29, 1.82) is 0 Å². The van der Waals surface area contributed by atoms with E-state index in [9.17, 15) is 9.59 Å². The van der Waals surface area contributed by atoms with E-state index in [0.717, 1.165) is 0 Å². The molecule has 8 heteroatoms. The van der Waals surface area contributed by atoms with Crippen LogP contribution in [0, 0.1) is 0 Å². The highest BCUT2D eigenvalue weighted by Crippen LogP contribution is 2.23. The zero-order chi connectivity index (χ0) is 20.8. The molecular formula is C21H16Cl2N2O4. The number of aromatic nitrogens is 1. The summed E-state index contributed by atoms with van der Waals surface area (Å²) >= 11 is 11.7. The van der Waals surface area contributed by atoms with Crippen LogP contribution in [0.15, 0.2) is 66.7 Å². The minimum absolute atomic E-state index is 0.0843. The molecule has 0 aliphatic heterocycles. The van der Waals surface area contributed by atoms with E-state index in [1.807, 2.05) is 30.3 Å². The fourth-order valence-corrected chi connectivity index (χ4v) is 2.64. The molecule has 0 saturated heterocycles. The number of anilines is 1. The van der Waals surface area contributed by atoms with Crippen LogP contribution in [0.25, 0.3) is 0 Å². The van der Waals surface area contributed by atoms with E-state index in [2.05, 4.69) is 10.3 Å². The smallest absolute Gasteiger partial charge is 0.359 e. The second kappa shape index (κ2) is 9.41. The lowest BCUT2D eigenvalue weighted by Gasteiger charge is -2.14. The monoisotopic (exact) mass is 430 g/mol. The standard InChI is InChI=1S/C21H16Cl2N2O4/c1-13(28-21(27)19-17(22)11-12-18(23)25-19)20(26)24-14-7-9-16(10-8-14)29-15-5-3-2-4-6-15/h2-13H,1H3,(H,24,26). The number of esters is 1. The van der Waals surface area contributed by atoms with Crippen LogP contribution in [0.2, 0.25) is 10.2 Å². The predicted octanol–water partition coefficient (Wildman–Crippen LogP) is 5.36. The van der Waals surface area contributed by atoms with Gasteiger partial charge in [-0.15, -0.1) is 0 Å². The number of pyridine rings is 1. The minimum Gasteiger partial charge on any atom is -0.457 e. The second-order valence-electron chi connectivity index (χ2n) is 5.94. The molecule has 0 aliphatic rings. The van der Waals surface area contributed by atoms with Crippen molar-refractivity contribution >= 4 is 40.8 Å². The molecule has 3 aromatic rings. The van der Waals surface area contributed by atoms with Gasteiger partial charge in [-0.1, -0.05) is 41.4 Å². The van der Waals surface area contributed by atoms with E-state index in [0.29, 0.717) is 17.2 Å². The normalized spacial score (nSPS) is 11.4. The van der Waals surface area contributed by atoms with Crippen LogP contribution in [-0.2, 0) is 9.53 Å². The summed E-state index contributed by atoms with van der Waals surface area (Å²) in [6, 6.07) is 19.0. The van der Waals surface area contributed by atoms with E-state index in [-0.39, 0.29) is 15.9 Å². The molecule has 0 aliphatic carbocycles. The molecule has 0 spiro atoms. The maximum Gasteiger partial charge on any atom is 0.359 e. The number of benzene rings is 2. The number of carbonyl (C=O) groups excluding carboxylic acids is 2. The Morgan fingerprint density at radius 3 is 2.28 bits per heavy atom. The first-order valence-electron chi connectivity index (χ1n) is 8.59. The maximum absolute atomic E-state index is 12.3. The van der Waals surface area contributed by atoms with Crippen molar-refractivity contribution in [3.63, 3.8) is 0 Å². The molecule has 0 fully saturated rings. The Bertz CT molecular complexity index is 1010. The van der Waals surface area contributed by atoms with Crippen molar-refractivity contribution in [2.24, 2.45) is 0 Å². The van der Waals surface area contributed by atoms with Crippen LogP contribution >= 0.6 is 23.2 Å². The average molecular weight is 431 g/mol. The summed E-state index contributed by atoms with van der Waals surface area (Å²) in [7, 11) is 0. The lowest BCUT2D eigenvalue weighted by molar-refractivity contribution is -0.123. The minimum atomic E-state index is -1.07. The van der Waals surface area contributed by atoms with Gasteiger partial charge in [0.05, 0.1) is 5.02 Å². The third-order valence-electron chi connectivity index (χ3n) is 3.76. The molecule has 3 rings (SSSR count). The van der Waals surface area contributed by atoms with Crippen LogP contribution in [0.5, 0.6) is 11.5 Å². The Morgan fingerprint density at radius 1 is 0.931 bits per heavy atom. The first kappa shape index (κ1) is 20.6. The summed E-state index contributed by atoms with van der Waals surface area (Å²) in [6.45, 7) is 1.44. The number of hydrogen-bond donors (Lipinski definition) is 1. The Hall–Kier alpha value is -3.09. The summed E-state index contributed by atoms with van der Waals surface area (Å²) in [5.41, 5.74) is 0.374. The van der Waals surface area contributed by atoms with E-state index < -0.39 is 18.0 Å². The fourth-order valence-electron chi connectivity index (χ4n) is 2.31. The highest BCUT2D eigenvalue weighted by Gasteiger charge is 2.22. The van der Waals surface area contributed by atoms with Gasteiger partial charge in [0.1, 0.15) is 16.7 Å². The van der Waals surface area contributed by atoms with Gasteiger partial charge in [0, 0.05) is 5.69 Å². The van der Waals surface area contributed by atoms with Gasteiger partial charge in [-0.2, -0.15) is 0 Å². The first-order valence-corrected chi connectivity index (χ1v) is 9.35. The number of halogens is 2. The summed E-state index contributed by atoms with van der Waals surface area (Å²) in [5, 5.41) is 2.84. The molecule has 1 heterocycles. The van der Waals surface area contributed by atoms with Crippen molar-refractivity contribution in [3.8, 4) is 11.5 Å². The second-order valence-corrected chi connectivity index (χ2v) is 6.74. The Balaban J connectivity index is 1.57. The number of amides is 1. The van der Waals surface area contributed by atoms with Crippen molar-refractivity contribution in [1.82, 2.24) is 4.98 Å². The molecule has 0 saturated carbocycles. The van der Waals surface area contributed by atoms with Crippen LogP contribution in [-0.4, -0.2) is 23.0 Å². The Labute approximate surface area is 177 Å². The zero-order valence-corrected chi connectivity index (χ0v) is 16.8. The van der Waals surface area contributed by atoms with Crippen LogP contribution < -0.4 is 10.1 Å². The van der Waals surface area contributed by atoms with E-state index >= 15 is 0 Å². The van der Waals surface area contributed by atoms with Crippen LogP contribution in [0.4, 0.5) is 5.69 Å². The SMILES string of the molecule is CC(OC(=O)c1nc(Cl)ccc1Cl)C(=O)Nc1ccc(Oc2ccccc2)cc1. The zero-order valence-electron chi connectivity index (χ0n) is 15.3. The molecule has 0 bridgehead atoms. The summed E-state index contributed by atoms with van der Waals surface area (Å²) in [4.78, 5) is 28.3. The fraction of sp³-hybridized carbons (Fsp3) is 0.0952. The summed E-state index contributed by atoms with van der Waals surface area (Å²) in [6.07, 6.45) is -1.07. The van der Waals surface area contributed by atoms with Crippen LogP contribution in [0.1, 0.15) is 17.4 Å². The van der Waals surface area contributed by atoms with Gasteiger partial charge in [0.2, 0.25) is 0 Å². The molecular weight excluding hydrogens is 415 g/mol. The lowest BCUT2D eigenvalue weighted by Crippen LogP contribution is -2.30. The number of rotatable bonds is 6. The van der Waals surface area contributed by atoms with Crippen LogP contribution in [0.3, 0.4) is 0 Å². The van der Waals surface area contributed by atoms with Gasteiger partial charge in [-0.05, 0) is 55.5 Å². The molecule has 1 amide bonds. The highest BCUT2D eigenvalue weighted by molar-refractivity contribution is 6.34. The largest absolute Gasteiger partial charge is 0.457 e. The van der Waals surface area contributed by atoms with Crippen molar-refractivity contribution < 1.29 is 19.1 Å². The van der Waals surface area contributed by atoms with Gasteiger partial charge < -0.3 is 14.8 Å². The highest BCUT2D eigenvalue weighted by atomic mass is 35.5. The third kappa shape index (κ3) is 5.70.